The van der Waals surface area contributed by atoms with Crippen molar-refractivity contribution in [2.75, 3.05) is 18.5 Å². The van der Waals surface area contributed by atoms with E-state index >= 15 is 0 Å². The van der Waals surface area contributed by atoms with E-state index in [2.05, 4.69) is 15.1 Å². The Morgan fingerprint density at radius 2 is 2.33 bits per heavy atom. The van der Waals surface area contributed by atoms with Gasteiger partial charge >= 0.3 is 0 Å². The van der Waals surface area contributed by atoms with Gasteiger partial charge in [-0.15, -0.1) is 0 Å². The summed E-state index contributed by atoms with van der Waals surface area (Å²) in [5.41, 5.74) is 6.22. The molecule has 0 amide bonds. The minimum atomic E-state index is 0.0832. The normalized spacial score (nSPS) is 13.0. The van der Waals surface area contributed by atoms with Crippen LogP contribution in [-0.2, 0) is 0 Å². The van der Waals surface area contributed by atoms with Gasteiger partial charge in [-0.1, -0.05) is 5.16 Å². The molecule has 2 aromatic heterocycles. The van der Waals surface area contributed by atoms with Gasteiger partial charge in [-0.3, -0.25) is 0 Å². The van der Waals surface area contributed by atoms with Gasteiger partial charge in [-0.25, -0.2) is 4.98 Å². The van der Waals surface area contributed by atoms with Gasteiger partial charge in [0.1, 0.15) is 17.5 Å². The molecule has 0 spiro atoms. The maximum absolute atomic E-state index is 5.73. The van der Waals surface area contributed by atoms with E-state index in [-0.39, 0.29) is 6.04 Å². The highest BCUT2D eigenvalue weighted by Gasteiger charge is 2.12. The minimum absolute atomic E-state index is 0.0832. The van der Waals surface area contributed by atoms with Gasteiger partial charge < -0.3 is 15.2 Å². The number of likely N-dealkylation sites (N-methyl/N-ethyl adjacent to an activating group) is 1. The van der Waals surface area contributed by atoms with E-state index in [1.165, 1.54) is 6.33 Å². The van der Waals surface area contributed by atoms with Crippen LogP contribution in [0.3, 0.4) is 0 Å². The predicted octanol–water partition coefficient (Wildman–Crippen LogP) is 0.401. The van der Waals surface area contributed by atoms with Gasteiger partial charge in [-0.2, -0.15) is 4.98 Å². The lowest BCUT2D eigenvalue weighted by atomic mass is 10.3. The van der Waals surface area contributed by atoms with Crippen LogP contribution in [0.25, 0.3) is 11.1 Å². The molecule has 0 aliphatic carbocycles. The van der Waals surface area contributed by atoms with Gasteiger partial charge in [0.25, 0.3) is 5.71 Å². The van der Waals surface area contributed by atoms with E-state index in [0.29, 0.717) is 5.71 Å². The number of hydrogen-bond acceptors (Lipinski definition) is 6. The minimum Gasteiger partial charge on any atom is -0.357 e. The van der Waals surface area contributed by atoms with Crippen molar-refractivity contribution in [1.82, 2.24) is 15.1 Å². The van der Waals surface area contributed by atoms with Gasteiger partial charge in [0.15, 0.2) is 0 Å². The second kappa shape index (κ2) is 3.82. The fraction of sp³-hybridized carbons (Fsp3) is 0.444. The molecule has 2 N–H and O–H groups in total. The topological polar surface area (TPSA) is 81.1 Å². The highest BCUT2D eigenvalue weighted by molar-refractivity contribution is 5.84. The monoisotopic (exact) mass is 207 g/mol. The fourth-order valence-electron chi connectivity index (χ4n) is 1.51. The highest BCUT2D eigenvalue weighted by atomic mass is 16.5. The third-order valence-corrected chi connectivity index (χ3v) is 2.07. The molecule has 2 rings (SSSR count). The van der Waals surface area contributed by atoms with Crippen LogP contribution in [-0.4, -0.2) is 34.8 Å². The van der Waals surface area contributed by atoms with Crippen LogP contribution < -0.4 is 10.6 Å². The first-order chi connectivity index (χ1) is 7.18. The van der Waals surface area contributed by atoms with Crippen LogP contribution in [0.15, 0.2) is 17.0 Å². The summed E-state index contributed by atoms with van der Waals surface area (Å²) in [4.78, 5) is 10.1. The van der Waals surface area contributed by atoms with E-state index in [9.17, 15) is 0 Å². The second-order valence-electron chi connectivity index (χ2n) is 3.60. The number of nitrogens with two attached hydrogens (primary N) is 1. The zero-order valence-electron chi connectivity index (χ0n) is 8.71. The van der Waals surface area contributed by atoms with Crippen LogP contribution in [0.1, 0.15) is 6.92 Å². The molecule has 0 fully saturated rings. The molecule has 0 saturated carbocycles. The Bertz CT molecular complexity index is 452. The second-order valence-corrected chi connectivity index (χ2v) is 3.60. The Hall–Kier alpha value is -1.69. The van der Waals surface area contributed by atoms with Crippen molar-refractivity contribution in [3.63, 3.8) is 0 Å². The Morgan fingerprint density at radius 1 is 1.53 bits per heavy atom. The molecule has 6 heteroatoms. The largest absolute Gasteiger partial charge is 0.357 e. The summed E-state index contributed by atoms with van der Waals surface area (Å²) in [6.45, 7) is 2.67. The Morgan fingerprint density at radius 3 is 3.07 bits per heavy atom. The lowest BCUT2D eigenvalue weighted by Crippen LogP contribution is -2.33. The number of anilines is 1. The third-order valence-electron chi connectivity index (χ3n) is 2.07. The third kappa shape index (κ3) is 1.89. The van der Waals surface area contributed by atoms with Gasteiger partial charge in [0.2, 0.25) is 0 Å². The molecule has 0 bridgehead atoms. The molecule has 2 heterocycles. The summed E-state index contributed by atoms with van der Waals surface area (Å²) in [5, 5.41) is 4.49. The van der Waals surface area contributed by atoms with Gasteiger partial charge in [0, 0.05) is 19.6 Å². The molecule has 2 aromatic rings. The smallest absolute Gasteiger partial charge is 0.262 e. The van der Waals surface area contributed by atoms with Crippen LogP contribution in [0.5, 0.6) is 0 Å². The van der Waals surface area contributed by atoms with Crippen LogP contribution in [0.4, 0.5) is 5.82 Å². The average Bonchev–Trinajstić information content (AvgIpc) is 2.63. The Labute approximate surface area is 87.1 Å². The van der Waals surface area contributed by atoms with Crippen LogP contribution in [0.2, 0.25) is 0 Å². The summed E-state index contributed by atoms with van der Waals surface area (Å²) in [5.74, 6) is 0.790. The number of aromatic nitrogens is 3. The van der Waals surface area contributed by atoms with E-state index in [0.717, 1.165) is 17.7 Å². The van der Waals surface area contributed by atoms with Crippen LogP contribution in [0, 0.1) is 0 Å². The molecule has 0 radical (unpaired) electrons. The quantitative estimate of drug-likeness (QED) is 0.784. The molecule has 0 aliphatic rings. The lowest BCUT2D eigenvalue weighted by Gasteiger charge is -2.19. The maximum atomic E-state index is 5.73. The SMILES string of the molecule is CC(N)CN(C)c1ncnc2oncc12. The first-order valence-electron chi connectivity index (χ1n) is 4.70. The highest BCUT2D eigenvalue weighted by Crippen LogP contribution is 2.20. The summed E-state index contributed by atoms with van der Waals surface area (Å²) < 4.78 is 4.95. The van der Waals surface area contributed by atoms with E-state index in [4.69, 9.17) is 10.3 Å². The summed E-state index contributed by atoms with van der Waals surface area (Å²) in [6, 6.07) is 0.0832. The zero-order valence-corrected chi connectivity index (χ0v) is 8.71. The summed E-state index contributed by atoms with van der Waals surface area (Å²) in [6.07, 6.45) is 3.07. The lowest BCUT2D eigenvalue weighted by molar-refractivity contribution is 0.448. The molecule has 0 saturated heterocycles. The zero-order chi connectivity index (χ0) is 10.8. The molecule has 1 unspecified atom stereocenters. The van der Waals surface area contributed by atoms with Gasteiger partial charge in [-0.05, 0) is 6.92 Å². The number of fused-ring (bicyclic) bond motifs is 1. The molecule has 1 atom stereocenters. The predicted molar refractivity (Wildman–Crippen MR) is 56.5 cm³/mol. The van der Waals surface area contributed by atoms with Crippen molar-refractivity contribution < 1.29 is 4.52 Å². The molecule has 80 valence electrons. The standard InChI is InChI=1S/C9H13N5O/c1-6(10)4-14(2)8-7-3-13-15-9(7)12-5-11-8/h3,5-6H,4,10H2,1-2H3. The Kier molecular flexibility index (Phi) is 2.51. The summed E-state index contributed by atoms with van der Waals surface area (Å²) >= 11 is 0. The van der Waals surface area contributed by atoms with E-state index < -0.39 is 0 Å². The molecule has 6 nitrogen and oxygen atoms in total. The van der Waals surface area contributed by atoms with Crippen molar-refractivity contribution in [1.29, 1.82) is 0 Å². The van der Waals surface area contributed by atoms with Crippen molar-refractivity contribution in [3.05, 3.63) is 12.5 Å². The molecule has 0 aliphatic heterocycles. The van der Waals surface area contributed by atoms with E-state index in [1.54, 1.807) is 6.20 Å². The molecule has 15 heavy (non-hydrogen) atoms. The van der Waals surface area contributed by atoms with Gasteiger partial charge in [0.05, 0.1) is 6.20 Å². The number of rotatable bonds is 3. The molecule has 0 aromatic carbocycles. The van der Waals surface area contributed by atoms with Crippen molar-refractivity contribution in [2.45, 2.75) is 13.0 Å². The number of nitrogens with zero attached hydrogens (tertiary/aromatic N) is 4. The van der Waals surface area contributed by atoms with Crippen molar-refractivity contribution >= 4 is 16.9 Å². The van der Waals surface area contributed by atoms with Crippen molar-refractivity contribution in [3.8, 4) is 0 Å². The van der Waals surface area contributed by atoms with Crippen LogP contribution >= 0.6 is 0 Å². The molecular weight excluding hydrogens is 194 g/mol. The average molecular weight is 207 g/mol. The summed E-state index contributed by atoms with van der Waals surface area (Å²) in [7, 11) is 1.93. The maximum Gasteiger partial charge on any atom is 0.262 e. The first-order valence-corrected chi connectivity index (χ1v) is 4.70. The Balaban J connectivity index is 2.38. The molecular formula is C9H13N5O. The van der Waals surface area contributed by atoms with Crippen molar-refractivity contribution in [2.24, 2.45) is 5.73 Å². The first kappa shape index (κ1) is 9.85. The fourth-order valence-corrected chi connectivity index (χ4v) is 1.51. The number of hydrogen-bond donors (Lipinski definition) is 1. The van der Waals surface area contributed by atoms with E-state index in [1.807, 2.05) is 18.9 Å².